The fourth-order valence-electron chi connectivity index (χ4n) is 3.37. The number of hydrogen-bond acceptors (Lipinski definition) is 4. The lowest BCUT2D eigenvalue weighted by Gasteiger charge is -2.14. The summed E-state index contributed by atoms with van der Waals surface area (Å²) in [5.74, 6) is -0.0293. The van der Waals surface area contributed by atoms with Crippen LogP contribution in [0.2, 0.25) is 0 Å². The van der Waals surface area contributed by atoms with Gasteiger partial charge in [0.15, 0.2) is 6.54 Å². The Balaban J connectivity index is 1.60. The van der Waals surface area contributed by atoms with E-state index in [4.69, 9.17) is 0 Å². The lowest BCUT2D eigenvalue weighted by molar-refractivity contribution is -0.885. The third kappa shape index (κ3) is 4.47. The zero-order valence-corrected chi connectivity index (χ0v) is 16.9. The van der Waals surface area contributed by atoms with Crippen molar-refractivity contribution in [1.82, 2.24) is 0 Å². The Kier molecular flexibility index (Phi) is 6.36. The number of fused-ring (bicyclic) bond motifs is 1. The van der Waals surface area contributed by atoms with Crippen LogP contribution in [0, 0.1) is 11.3 Å². The van der Waals surface area contributed by atoms with E-state index in [9.17, 15) is 10.1 Å². The summed E-state index contributed by atoms with van der Waals surface area (Å²) < 4.78 is 0. The average molecular weight is 387 g/mol. The van der Waals surface area contributed by atoms with Crippen molar-refractivity contribution in [3.8, 4) is 6.07 Å². The number of likely N-dealkylation sites (N-methyl/N-ethyl adjacent to an activating group) is 1. The second-order valence-electron chi connectivity index (χ2n) is 6.73. The predicted molar refractivity (Wildman–Crippen MR) is 108 cm³/mol. The highest BCUT2D eigenvalue weighted by Crippen LogP contribution is 2.37. The summed E-state index contributed by atoms with van der Waals surface area (Å²) in [6, 6.07) is 10.8. The molecule has 26 heavy (non-hydrogen) atoms. The third-order valence-corrected chi connectivity index (χ3v) is 6.61. The number of thiophene rings is 1. The second-order valence-corrected chi connectivity index (χ2v) is 8.72. The number of amides is 1. The Morgan fingerprint density at radius 3 is 2.73 bits per heavy atom. The minimum atomic E-state index is -0.0293. The predicted octanol–water partition coefficient (Wildman–Crippen LogP) is 2.87. The number of hydrogen-bond donors (Lipinski definition) is 2. The first-order valence-corrected chi connectivity index (χ1v) is 10.9. The van der Waals surface area contributed by atoms with E-state index in [2.05, 4.69) is 41.9 Å². The molecule has 1 atom stereocenters. The number of nitrogens with one attached hydrogen (secondary N) is 2. The lowest BCUT2D eigenvalue weighted by atomic mass is 9.96. The van der Waals surface area contributed by atoms with Gasteiger partial charge >= 0.3 is 0 Å². The van der Waals surface area contributed by atoms with E-state index < -0.39 is 0 Å². The van der Waals surface area contributed by atoms with Crippen LogP contribution in [0.25, 0.3) is 0 Å². The highest BCUT2D eigenvalue weighted by molar-refractivity contribution is 7.98. The molecule has 2 N–H and O–H groups in total. The van der Waals surface area contributed by atoms with Gasteiger partial charge in [0.05, 0.1) is 12.6 Å². The van der Waals surface area contributed by atoms with Gasteiger partial charge in [-0.3, -0.25) is 4.79 Å². The van der Waals surface area contributed by atoms with Crippen molar-refractivity contribution in [1.29, 1.82) is 5.26 Å². The minimum Gasteiger partial charge on any atom is -0.326 e. The van der Waals surface area contributed by atoms with Gasteiger partial charge in [0.1, 0.15) is 17.6 Å². The number of benzene rings is 1. The van der Waals surface area contributed by atoms with E-state index in [1.165, 1.54) is 21.8 Å². The minimum absolute atomic E-state index is 0.0293. The summed E-state index contributed by atoms with van der Waals surface area (Å²) in [5, 5.41) is 13.2. The Labute approximate surface area is 163 Å². The zero-order valence-electron chi connectivity index (χ0n) is 15.2. The first-order valence-electron chi connectivity index (χ1n) is 8.89. The van der Waals surface area contributed by atoms with Crippen molar-refractivity contribution in [2.45, 2.75) is 37.1 Å². The standard InChI is InChI=1S/C20H23N3OS2/c1-23(12-14-7-9-15(25-2)10-8-14)13-19(24)22-20-17(11-21)16-5-3-4-6-18(16)26-20/h7-10H,3-6,12-13H2,1-2H3,(H,22,24)/p+1. The van der Waals surface area contributed by atoms with E-state index in [-0.39, 0.29) is 5.91 Å². The number of anilines is 1. The van der Waals surface area contributed by atoms with Crippen LogP contribution >= 0.6 is 23.1 Å². The Bertz CT molecular complexity index is 821. The van der Waals surface area contributed by atoms with Gasteiger partial charge in [-0.25, -0.2) is 0 Å². The van der Waals surface area contributed by atoms with Gasteiger partial charge in [-0.15, -0.1) is 23.1 Å². The summed E-state index contributed by atoms with van der Waals surface area (Å²) in [7, 11) is 2.02. The number of carbonyl (C=O) groups is 1. The summed E-state index contributed by atoms with van der Waals surface area (Å²) in [4.78, 5) is 16.1. The second kappa shape index (κ2) is 8.72. The molecule has 136 valence electrons. The molecule has 1 aliphatic rings. The number of quaternary nitrogens is 1. The van der Waals surface area contributed by atoms with Gasteiger partial charge < -0.3 is 10.2 Å². The number of rotatable bonds is 6. The van der Waals surface area contributed by atoms with E-state index in [1.54, 1.807) is 23.1 Å². The SMILES string of the molecule is CSc1ccc(C[NH+](C)CC(=O)Nc2sc3c(c2C#N)CCCC3)cc1. The van der Waals surface area contributed by atoms with Crippen molar-refractivity contribution in [2.75, 3.05) is 25.2 Å². The van der Waals surface area contributed by atoms with Gasteiger partial charge in [-0.05, 0) is 49.6 Å². The number of aryl methyl sites for hydroxylation is 1. The van der Waals surface area contributed by atoms with Crippen LogP contribution in [0.5, 0.6) is 0 Å². The molecule has 1 heterocycles. The molecule has 0 bridgehead atoms. The van der Waals surface area contributed by atoms with Crippen LogP contribution in [0.1, 0.15) is 34.4 Å². The zero-order chi connectivity index (χ0) is 18.5. The van der Waals surface area contributed by atoms with Crippen molar-refractivity contribution in [2.24, 2.45) is 0 Å². The Morgan fingerprint density at radius 2 is 2.04 bits per heavy atom. The van der Waals surface area contributed by atoms with Crippen LogP contribution in [0.3, 0.4) is 0 Å². The molecule has 2 aromatic rings. The van der Waals surface area contributed by atoms with E-state index in [0.717, 1.165) is 41.3 Å². The molecule has 1 aliphatic carbocycles. The fourth-order valence-corrected chi connectivity index (χ4v) is 5.04. The maximum Gasteiger partial charge on any atom is 0.280 e. The summed E-state index contributed by atoms with van der Waals surface area (Å²) in [6.45, 7) is 1.19. The summed E-state index contributed by atoms with van der Waals surface area (Å²) >= 11 is 3.31. The van der Waals surface area contributed by atoms with Gasteiger partial charge in [-0.2, -0.15) is 5.26 Å². The molecule has 1 aromatic carbocycles. The fraction of sp³-hybridized carbons (Fsp3) is 0.400. The highest BCUT2D eigenvalue weighted by atomic mass is 32.2. The molecule has 4 nitrogen and oxygen atoms in total. The van der Waals surface area contributed by atoms with Crippen molar-refractivity contribution in [3.05, 3.63) is 45.8 Å². The normalized spacial score (nSPS) is 14.3. The maximum absolute atomic E-state index is 12.5. The average Bonchev–Trinajstić information content (AvgIpc) is 2.98. The molecule has 1 aromatic heterocycles. The number of nitriles is 1. The molecule has 0 spiro atoms. The van der Waals surface area contributed by atoms with Crippen LogP contribution in [0.4, 0.5) is 5.00 Å². The van der Waals surface area contributed by atoms with Crippen molar-refractivity contribution >= 4 is 34.0 Å². The molecule has 6 heteroatoms. The first kappa shape index (κ1) is 19.0. The number of thioether (sulfide) groups is 1. The number of nitrogens with zero attached hydrogens (tertiary/aromatic N) is 1. The summed E-state index contributed by atoms with van der Waals surface area (Å²) in [5.41, 5.74) is 3.06. The largest absolute Gasteiger partial charge is 0.326 e. The maximum atomic E-state index is 12.5. The molecule has 1 amide bonds. The third-order valence-electron chi connectivity index (χ3n) is 4.66. The molecule has 0 aliphatic heterocycles. The molecule has 0 saturated carbocycles. The van der Waals surface area contributed by atoms with Crippen molar-refractivity contribution in [3.63, 3.8) is 0 Å². The summed E-state index contributed by atoms with van der Waals surface area (Å²) in [6.07, 6.45) is 6.36. The molecule has 1 unspecified atom stereocenters. The first-order chi connectivity index (χ1) is 12.6. The smallest absolute Gasteiger partial charge is 0.280 e. The molecule has 0 fully saturated rings. The van der Waals surface area contributed by atoms with Crippen molar-refractivity contribution < 1.29 is 9.69 Å². The highest BCUT2D eigenvalue weighted by Gasteiger charge is 2.22. The van der Waals surface area contributed by atoms with E-state index in [1.807, 2.05) is 7.05 Å². The van der Waals surface area contributed by atoms with Gasteiger partial charge in [0, 0.05) is 15.3 Å². The van der Waals surface area contributed by atoms with Crippen LogP contribution in [-0.2, 0) is 24.2 Å². The van der Waals surface area contributed by atoms with Gasteiger partial charge in [0.25, 0.3) is 5.91 Å². The Morgan fingerprint density at radius 1 is 1.31 bits per heavy atom. The Hall–Kier alpha value is -1.81. The molecular formula is C20H24N3OS2+. The van der Waals surface area contributed by atoms with E-state index >= 15 is 0 Å². The molecule has 3 rings (SSSR count). The van der Waals surface area contributed by atoms with Gasteiger partial charge in [-0.1, -0.05) is 12.1 Å². The van der Waals surface area contributed by atoms with E-state index in [0.29, 0.717) is 12.1 Å². The molecule has 0 radical (unpaired) electrons. The van der Waals surface area contributed by atoms with Crippen LogP contribution < -0.4 is 10.2 Å². The quantitative estimate of drug-likeness (QED) is 0.751. The topological polar surface area (TPSA) is 57.3 Å². The van der Waals surface area contributed by atoms with Gasteiger partial charge in [0.2, 0.25) is 0 Å². The van der Waals surface area contributed by atoms with Crippen LogP contribution in [0.15, 0.2) is 29.2 Å². The number of carbonyl (C=O) groups excluding carboxylic acids is 1. The lowest BCUT2D eigenvalue weighted by Crippen LogP contribution is -3.08. The monoisotopic (exact) mass is 386 g/mol. The molecular weight excluding hydrogens is 362 g/mol. The van der Waals surface area contributed by atoms with Crippen LogP contribution in [-0.4, -0.2) is 25.8 Å². The molecule has 0 saturated heterocycles.